The Morgan fingerprint density at radius 3 is 2.62 bits per heavy atom. The van der Waals surface area contributed by atoms with Gasteiger partial charge < -0.3 is 15.1 Å². The zero-order valence-electron chi connectivity index (χ0n) is 16.2. The normalized spacial score (nSPS) is 30.9. The maximum absolute atomic E-state index is 13.3. The van der Waals surface area contributed by atoms with E-state index in [2.05, 4.69) is 15.1 Å². The highest BCUT2D eigenvalue weighted by molar-refractivity contribution is 5.84. The van der Waals surface area contributed by atoms with E-state index >= 15 is 0 Å². The first kappa shape index (κ1) is 18.3. The van der Waals surface area contributed by atoms with Crippen molar-refractivity contribution < 1.29 is 9.59 Å². The smallest absolute Gasteiger partial charge is 0.230 e. The van der Waals surface area contributed by atoms with Crippen LogP contribution in [0.5, 0.6) is 0 Å². The molecule has 0 bridgehead atoms. The molecule has 1 spiro atoms. The fourth-order valence-corrected chi connectivity index (χ4v) is 5.32. The van der Waals surface area contributed by atoms with Crippen molar-refractivity contribution in [3.05, 3.63) is 0 Å². The van der Waals surface area contributed by atoms with Crippen LogP contribution >= 0.6 is 0 Å². The molecule has 4 rings (SSSR count). The fourth-order valence-electron chi connectivity index (χ4n) is 5.32. The summed E-state index contributed by atoms with van der Waals surface area (Å²) >= 11 is 0. The Morgan fingerprint density at radius 2 is 1.85 bits per heavy atom. The van der Waals surface area contributed by atoms with Crippen LogP contribution in [-0.2, 0) is 9.59 Å². The molecule has 0 aromatic carbocycles. The van der Waals surface area contributed by atoms with Gasteiger partial charge in [-0.15, -0.1) is 0 Å². The summed E-state index contributed by atoms with van der Waals surface area (Å²) in [4.78, 5) is 29.8. The first-order chi connectivity index (χ1) is 12.6. The summed E-state index contributed by atoms with van der Waals surface area (Å²) in [7, 11) is 0. The van der Waals surface area contributed by atoms with E-state index < -0.39 is 0 Å². The topological polar surface area (TPSA) is 52.7 Å². The highest BCUT2D eigenvalue weighted by Gasteiger charge is 2.48. The fraction of sp³-hybridized carbons (Fsp3) is 0.905. The third kappa shape index (κ3) is 4.24. The van der Waals surface area contributed by atoms with Crippen LogP contribution in [0.25, 0.3) is 0 Å². The lowest BCUT2D eigenvalue weighted by Gasteiger charge is -2.41. The predicted molar refractivity (Wildman–Crippen MR) is 102 cm³/mol. The number of hydrogen-bond acceptors (Lipinski definition) is 3. The lowest BCUT2D eigenvalue weighted by molar-refractivity contribution is -0.146. The Morgan fingerprint density at radius 1 is 1.04 bits per heavy atom. The predicted octanol–water partition coefficient (Wildman–Crippen LogP) is 2.55. The zero-order valence-corrected chi connectivity index (χ0v) is 16.2. The number of carbonyl (C=O) groups excluding carboxylic acids is 2. The average Bonchev–Trinajstić information content (AvgIpc) is 3.37. The third-order valence-corrected chi connectivity index (χ3v) is 7.06. The zero-order chi connectivity index (χ0) is 18.0. The van der Waals surface area contributed by atoms with Gasteiger partial charge in [0.25, 0.3) is 0 Å². The van der Waals surface area contributed by atoms with Gasteiger partial charge in [-0.25, -0.2) is 0 Å². The van der Waals surface area contributed by atoms with Gasteiger partial charge in [-0.2, -0.15) is 0 Å². The van der Waals surface area contributed by atoms with E-state index in [-0.39, 0.29) is 11.3 Å². The van der Waals surface area contributed by atoms with Gasteiger partial charge in [0.1, 0.15) is 0 Å². The van der Waals surface area contributed by atoms with Gasteiger partial charge in [0.15, 0.2) is 0 Å². The van der Waals surface area contributed by atoms with Crippen molar-refractivity contribution in [3.8, 4) is 0 Å². The summed E-state index contributed by atoms with van der Waals surface area (Å²) in [6.45, 7) is 4.59. The summed E-state index contributed by atoms with van der Waals surface area (Å²) in [5.74, 6) is 1.33. The molecule has 2 saturated heterocycles. The van der Waals surface area contributed by atoms with Crippen LogP contribution in [0.2, 0.25) is 0 Å². The number of hydrogen-bond donors (Lipinski definition) is 1. The molecule has 0 aromatic heterocycles. The molecular weight excluding hydrogens is 326 g/mol. The van der Waals surface area contributed by atoms with Crippen LogP contribution in [0.3, 0.4) is 0 Å². The van der Waals surface area contributed by atoms with E-state index in [4.69, 9.17) is 0 Å². The molecule has 1 unspecified atom stereocenters. The maximum Gasteiger partial charge on any atom is 0.230 e. The average molecular weight is 362 g/mol. The number of nitrogens with zero attached hydrogens (tertiary/aromatic N) is 2. The van der Waals surface area contributed by atoms with Crippen molar-refractivity contribution in [3.63, 3.8) is 0 Å². The third-order valence-electron chi connectivity index (χ3n) is 7.06. The Balaban J connectivity index is 1.28. The Labute approximate surface area is 157 Å². The van der Waals surface area contributed by atoms with E-state index in [1.54, 1.807) is 0 Å². The molecule has 2 aliphatic heterocycles. The van der Waals surface area contributed by atoms with Crippen LogP contribution in [0.4, 0.5) is 0 Å². The van der Waals surface area contributed by atoms with Crippen molar-refractivity contribution in [2.24, 2.45) is 11.3 Å². The van der Waals surface area contributed by atoms with Crippen molar-refractivity contribution in [1.29, 1.82) is 0 Å². The molecule has 1 atom stereocenters. The minimum absolute atomic E-state index is 0.153. The number of amides is 2. The van der Waals surface area contributed by atoms with E-state index in [0.29, 0.717) is 18.4 Å². The van der Waals surface area contributed by atoms with Gasteiger partial charge in [-0.05, 0) is 57.4 Å². The van der Waals surface area contributed by atoms with Crippen molar-refractivity contribution in [1.82, 2.24) is 15.1 Å². The molecule has 2 heterocycles. The highest BCUT2D eigenvalue weighted by Crippen LogP contribution is 2.40. The lowest BCUT2D eigenvalue weighted by atomic mass is 9.77. The van der Waals surface area contributed by atoms with Crippen LogP contribution in [0.15, 0.2) is 0 Å². The van der Waals surface area contributed by atoms with Crippen LogP contribution in [0, 0.1) is 11.3 Å². The maximum atomic E-state index is 13.3. The second-order valence-corrected chi connectivity index (χ2v) is 9.26. The molecule has 4 aliphatic rings. The number of likely N-dealkylation sites (tertiary alicyclic amines) is 2. The molecule has 2 aliphatic carbocycles. The second kappa shape index (κ2) is 7.87. The first-order valence-electron chi connectivity index (χ1n) is 11.0. The summed E-state index contributed by atoms with van der Waals surface area (Å²) in [6.07, 6.45) is 12.7. The van der Waals surface area contributed by atoms with E-state index in [1.165, 1.54) is 32.1 Å². The summed E-state index contributed by atoms with van der Waals surface area (Å²) in [6, 6.07) is 0.445. The number of carbonyl (C=O) groups is 2. The van der Waals surface area contributed by atoms with E-state index in [0.717, 1.165) is 70.7 Å². The Kier molecular flexibility index (Phi) is 5.53. The summed E-state index contributed by atoms with van der Waals surface area (Å²) in [5.41, 5.74) is -0.153. The highest BCUT2D eigenvalue weighted by atomic mass is 16.2. The first-order valence-corrected chi connectivity index (χ1v) is 11.0. The second-order valence-electron chi connectivity index (χ2n) is 9.26. The monoisotopic (exact) mass is 361 g/mol. The molecule has 26 heavy (non-hydrogen) atoms. The molecule has 0 aromatic rings. The Hall–Kier alpha value is -1.10. The molecule has 146 valence electrons. The van der Waals surface area contributed by atoms with Gasteiger partial charge in [0, 0.05) is 38.6 Å². The van der Waals surface area contributed by atoms with Crippen molar-refractivity contribution in [2.45, 2.75) is 76.7 Å². The van der Waals surface area contributed by atoms with Crippen molar-refractivity contribution >= 4 is 11.8 Å². The largest absolute Gasteiger partial charge is 0.353 e. The molecular formula is C21H35N3O2. The summed E-state index contributed by atoms with van der Waals surface area (Å²) in [5, 5.41) is 3.07. The van der Waals surface area contributed by atoms with Crippen LogP contribution < -0.4 is 5.32 Å². The molecule has 5 nitrogen and oxygen atoms in total. The molecule has 4 fully saturated rings. The summed E-state index contributed by atoms with van der Waals surface area (Å²) < 4.78 is 0. The van der Waals surface area contributed by atoms with Crippen molar-refractivity contribution in [2.75, 3.05) is 32.7 Å². The van der Waals surface area contributed by atoms with E-state index in [1.807, 2.05) is 0 Å². The molecule has 2 saturated carbocycles. The SMILES string of the molecule is O=C(CCN1CCC2(CCCN(CC3CCCCC3)C2=O)C1)NC1CC1. The van der Waals surface area contributed by atoms with Gasteiger partial charge in [-0.3, -0.25) is 9.59 Å². The minimum Gasteiger partial charge on any atom is -0.353 e. The number of piperidine rings is 1. The van der Waals surface area contributed by atoms with Gasteiger partial charge in [0.2, 0.25) is 11.8 Å². The minimum atomic E-state index is -0.153. The van der Waals surface area contributed by atoms with Crippen LogP contribution in [-0.4, -0.2) is 60.4 Å². The van der Waals surface area contributed by atoms with Gasteiger partial charge >= 0.3 is 0 Å². The number of rotatable bonds is 6. The Bertz CT molecular complexity index is 527. The lowest BCUT2D eigenvalue weighted by Crippen LogP contribution is -2.51. The molecule has 1 N–H and O–H groups in total. The van der Waals surface area contributed by atoms with Gasteiger partial charge in [-0.1, -0.05) is 19.3 Å². The molecule has 2 amide bonds. The number of nitrogens with one attached hydrogen (secondary N) is 1. The molecule has 0 radical (unpaired) electrons. The van der Waals surface area contributed by atoms with Crippen LogP contribution in [0.1, 0.15) is 70.6 Å². The van der Waals surface area contributed by atoms with E-state index in [9.17, 15) is 9.59 Å². The standard InChI is InChI=1S/C21H35N3O2/c25-19(22-18-7-8-18)9-13-23-14-11-21(16-23)10-4-12-24(20(21)26)15-17-5-2-1-3-6-17/h17-18H,1-16H2,(H,22,25). The van der Waals surface area contributed by atoms with Gasteiger partial charge in [0.05, 0.1) is 5.41 Å². The quantitative estimate of drug-likeness (QED) is 0.791. The molecule has 5 heteroatoms.